The number of nitro benzene ring substituents is 1. The summed E-state index contributed by atoms with van der Waals surface area (Å²) in [6.45, 7) is -0.400. The van der Waals surface area contributed by atoms with Gasteiger partial charge in [-0.15, -0.1) is 0 Å². The quantitative estimate of drug-likeness (QED) is 0.509. The number of amides is 1. The van der Waals surface area contributed by atoms with E-state index in [0.29, 0.717) is 0 Å². The highest BCUT2D eigenvalue weighted by Gasteiger charge is 2.20. The SMILES string of the molecule is O=C(COC(=O)c1ccc([N+](=O)[O-])cc1Cl)NC1CCCC1. The molecule has 22 heavy (non-hydrogen) atoms. The Balaban J connectivity index is 1.89. The summed E-state index contributed by atoms with van der Waals surface area (Å²) in [5.41, 5.74) is -0.235. The topological polar surface area (TPSA) is 98.5 Å². The van der Waals surface area contributed by atoms with Crippen molar-refractivity contribution in [3.05, 3.63) is 38.9 Å². The molecule has 1 amide bonds. The molecule has 0 bridgehead atoms. The smallest absolute Gasteiger partial charge is 0.340 e. The van der Waals surface area contributed by atoms with Crippen LogP contribution in [-0.2, 0) is 9.53 Å². The second-order valence-electron chi connectivity index (χ2n) is 5.05. The lowest BCUT2D eigenvalue weighted by Gasteiger charge is -2.12. The van der Waals surface area contributed by atoms with Crippen molar-refractivity contribution in [3.63, 3.8) is 0 Å². The lowest BCUT2D eigenvalue weighted by atomic mass is 10.2. The van der Waals surface area contributed by atoms with Crippen LogP contribution in [0.5, 0.6) is 0 Å². The van der Waals surface area contributed by atoms with E-state index >= 15 is 0 Å². The summed E-state index contributed by atoms with van der Waals surface area (Å²) in [6.07, 6.45) is 4.05. The maximum atomic E-state index is 11.8. The van der Waals surface area contributed by atoms with E-state index in [1.807, 2.05) is 0 Å². The lowest BCUT2D eigenvalue weighted by Crippen LogP contribution is -2.35. The van der Waals surface area contributed by atoms with Gasteiger partial charge in [0, 0.05) is 18.2 Å². The van der Waals surface area contributed by atoms with E-state index in [2.05, 4.69) is 5.32 Å². The number of esters is 1. The van der Waals surface area contributed by atoms with Gasteiger partial charge in [-0.05, 0) is 18.9 Å². The van der Waals surface area contributed by atoms with Crippen molar-refractivity contribution in [3.8, 4) is 0 Å². The third kappa shape index (κ3) is 4.17. The Labute approximate surface area is 131 Å². The van der Waals surface area contributed by atoms with Crippen molar-refractivity contribution in [2.24, 2.45) is 0 Å². The third-order valence-electron chi connectivity index (χ3n) is 3.44. The van der Waals surface area contributed by atoms with Crippen LogP contribution in [0, 0.1) is 10.1 Å². The van der Waals surface area contributed by atoms with Crippen LogP contribution in [0.25, 0.3) is 0 Å². The molecule has 1 aromatic carbocycles. The van der Waals surface area contributed by atoms with Gasteiger partial charge < -0.3 is 10.1 Å². The molecule has 0 spiro atoms. The third-order valence-corrected chi connectivity index (χ3v) is 3.75. The van der Waals surface area contributed by atoms with Crippen LogP contribution in [-0.4, -0.2) is 29.4 Å². The highest BCUT2D eigenvalue weighted by molar-refractivity contribution is 6.33. The molecule has 0 saturated heterocycles. The molecule has 0 aromatic heterocycles. The van der Waals surface area contributed by atoms with E-state index in [9.17, 15) is 19.7 Å². The number of halogens is 1. The number of nitro groups is 1. The number of non-ortho nitro benzene ring substituents is 1. The monoisotopic (exact) mass is 326 g/mol. The lowest BCUT2D eigenvalue weighted by molar-refractivity contribution is -0.384. The molecule has 1 saturated carbocycles. The molecule has 118 valence electrons. The standard InChI is InChI=1S/C14H15ClN2O5/c15-12-7-10(17(20)21)5-6-11(12)14(19)22-8-13(18)16-9-3-1-2-4-9/h5-7,9H,1-4,8H2,(H,16,18). The minimum absolute atomic E-state index is 0.0130. The predicted molar refractivity (Wildman–Crippen MR) is 78.8 cm³/mol. The minimum atomic E-state index is -0.790. The van der Waals surface area contributed by atoms with Crippen LogP contribution in [0.2, 0.25) is 5.02 Å². The van der Waals surface area contributed by atoms with E-state index < -0.39 is 17.5 Å². The number of hydrogen-bond donors (Lipinski definition) is 1. The zero-order valence-corrected chi connectivity index (χ0v) is 12.5. The molecule has 0 radical (unpaired) electrons. The van der Waals surface area contributed by atoms with Crippen molar-refractivity contribution in [2.75, 3.05) is 6.61 Å². The summed E-state index contributed by atoms with van der Waals surface area (Å²) in [7, 11) is 0. The fraction of sp³-hybridized carbons (Fsp3) is 0.429. The fourth-order valence-electron chi connectivity index (χ4n) is 2.33. The molecule has 1 aromatic rings. The van der Waals surface area contributed by atoms with Crippen molar-refractivity contribution in [1.82, 2.24) is 5.32 Å². The average molecular weight is 327 g/mol. The first-order chi connectivity index (χ1) is 10.5. The van der Waals surface area contributed by atoms with E-state index in [0.717, 1.165) is 37.8 Å². The molecule has 1 N–H and O–H groups in total. The molecule has 0 atom stereocenters. The van der Waals surface area contributed by atoms with Crippen LogP contribution in [0.15, 0.2) is 18.2 Å². The first-order valence-electron chi connectivity index (χ1n) is 6.88. The molecule has 0 unspecified atom stereocenters. The molecule has 8 heteroatoms. The van der Waals surface area contributed by atoms with Gasteiger partial charge >= 0.3 is 5.97 Å². The fourth-order valence-corrected chi connectivity index (χ4v) is 2.58. The van der Waals surface area contributed by atoms with E-state index in [1.54, 1.807) is 0 Å². The van der Waals surface area contributed by atoms with Crippen LogP contribution >= 0.6 is 11.6 Å². The van der Waals surface area contributed by atoms with Gasteiger partial charge in [0.2, 0.25) is 0 Å². The van der Waals surface area contributed by atoms with Crippen LogP contribution < -0.4 is 5.32 Å². The molecule has 0 heterocycles. The normalized spacial score (nSPS) is 14.6. The molecule has 1 aliphatic rings. The summed E-state index contributed by atoms with van der Waals surface area (Å²) < 4.78 is 4.88. The summed E-state index contributed by atoms with van der Waals surface area (Å²) >= 11 is 5.82. The number of ether oxygens (including phenoxy) is 1. The molecule has 1 aliphatic carbocycles. The van der Waals surface area contributed by atoms with E-state index in [4.69, 9.17) is 16.3 Å². The Morgan fingerprint density at radius 3 is 2.64 bits per heavy atom. The average Bonchev–Trinajstić information content (AvgIpc) is 2.97. The molecular formula is C14H15ClN2O5. The molecule has 7 nitrogen and oxygen atoms in total. The first-order valence-corrected chi connectivity index (χ1v) is 7.25. The van der Waals surface area contributed by atoms with Gasteiger partial charge in [-0.25, -0.2) is 4.79 Å². The van der Waals surface area contributed by atoms with Gasteiger partial charge in [0.25, 0.3) is 11.6 Å². The number of rotatable bonds is 5. The highest BCUT2D eigenvalue weighted by atomic mass is 35.5. The zero-order chi connectivity index (χ0) is 16.1. The summed E-state index contributed by atoms with van der Waals surface area (Å²) in [6, 6.07) is 3.57. The van der Waals surface area contributed by atoms with Crippen LogP contribution in [0.4, 0.5) is 5.69 Å². The predicted octanol–water partition coefficient (Wildman–Crippen LogP) is 2.46. The maximum absolute atomic E-state index is 11.8. The maximum Gasteiger partial charge on any atom is 0.340 e. The van der Waals surface area contributed by atoms with Gasteiger partial charge in [-0.1, -0.05) is 24.4 Å². The summed E-state index contributed by atoms with van der Waals surface area (Å²) in [5, 5.41) is 13.3. The Kier molecular flexibility index (Phi) is 5.32. The van der Waals surface area contributed by atoms with Crippen molar-refractivity contribution >= 4 is 29.2 Å². The molecule has 2 rings (SSSR count). The Morgan fingerprint density at radius 1 is 1.36 bits per heavy atom. The molecular weight excluding hydrogens is 312 g/mol. The molecule has 0 aliphatic heterocycles. The second-order valence-corrected chi connectivity index (χ2v) is 5.45. The zero-order valence-electron chi connectivity index (χ0n) is 11.7. The minimum Gasteiger partial charge on any atom is -0.452 e. The van der Waals surface area contributed by atoms with Gasteiger partial charge in [-0.2, -0.15) is 0 Å². The van der Waals surface area contributed by atoms with E-state index in [-0.39, 0.29) is 28.2 Å². The van der Waals surface area contributed by atoms with Gasteiger partial charge in [0.15, 0.2) is 6.61 Å². The van der Waals surface area contributed by atoms with Crippen molar-refractivity contribution in [1.29, 1.82) is 0 Å². The first kappa shape index (κ1) is 16.2. The van der Waals surface area contributed by atoms with Crippen LogP contribution in [0.1, 0.15) is 36.0 Å². The van der Waals surface area contributed by atoms with Gasteiger partial charge in [0.05, 0.1) is 15.5 Å². The Hall–Kier alpha value is -2.15. The second kappa shape index (κ2) is 7.22. The number of hydrogen-bond acceptors (Lipinski definition) is 5. The van der Waals surface area contributed by atoms with E-state index in [1.165, 1.54) is 6.07 Å². The summed E-state index contributed by atoms with van der Waals surface area (Å²) in [4.78, 5) is 33.5. The highest BCUT2D eigenvalue weighted by Crippen LogP contribution is 2.23. The van der Waals surface area contributed by atoms with Gasteiger partial charge in [0.1, 0.15) is 0 Å². The largest absolute Gasteiger partial charge is 0.452 e. The molecule has 1 fully saturated rings. The van der Waals surface area contributed by atoms with Crippen LogP contribution in [0.3, 0.4) is 0 Å². The van der Waals surface area contributed by atoms with Crippen molar-refractivity contribution < 1.29 is 19.2 Å². The number of carbonyl (C=O) groups excluding carboxylic acids is 2. The number of carbonyl (C=O) groups is 2. The summed E-state index contributed by atoms with van der Waals surface area (Å²) in [5.74, 6) is -1.15. The Morgan fingerprint density at radius 2 is 2.05 bits per heavy atom. The van der Waals surface area contributed by atoms with Crippen molar-refractivity contribution in [2.45, 2.75) is 31.7 Å². The number of nitrogens with zero attached hydrogens (tertiary/aromatic N) is 1. The number of benzene rings is 1. The number of nitrogens with one attached hydrogen (secondary N) is 1. The van der Waals surface area contributed by atoms with Gasteiger partial charge in [-0.3, -0.25) is 14.9 Å². The Bertz CT molecular complexity index is 599.